The minimum Gasteiger partial charge on any atom is -0.392 e. The number of aliphatic hydroxyl groups excluding tert-OH is 1. The lowest BCUT2D eigenvalue weighted by Gasteiger charge is -2.15. The Labute approximate surface area is 131 Å². The highest BCUT2D eigenvalue weighted by Crippen LogP contribution is 2.17. The lowest BCUT2D eigenvalue weighted by molar-refractivity contribution is 0.175. The van der Waals surface area contributed by atoms with Gasteiger partial charge in [0.2, 0.25) is 0 Å². The van der Waals surface area contributed by atoms with Crippen LogP contribution < -0.4 is 5.32 Å². The average molecular weight is 300 g/mol. The maximum absolute atomic E-state index is 9.61. The van der Waals surface area contributed by atoms with E-state index in [0.717, 1.165) is 44.0 Å². The maximum Gasteiger partial charge on any atom is 0.0844 e. The molecule has 0 aliphatic carbocycles. The Hall–Kier alpha value is -1.85. The number of nitrogens with one attached hydrogen (secondary N) is 1. The minimum atomic E-state index is -0.159. The second kappa shape index (κ2) is 6.50. The van der Waals surface area contributed by atoms with Crippen molar-refractivity contribution in [2.75, 3.05) is 18.4 Å². The number of aliphatic hydroxyl groups is 1. The fourth-order valence-electron chi connectivity index (χ4n) is 3.01. The van der Waals surface area contributed by atoms with Crippen LogP contribution in [0.4, 0.5) is 5.69 Å². The van der Waals surface area contributed by atoms with Crippen LogP contribution in [-0.2, 0) is 20.1 Å². The van der Waals surface area contributed by atoms with Crippen molar-refractivity contribution >= 4 is 5.69 Å². The molecule has 0 bridgehead atoms. The SMILES string of the molecule is Cc1cn(C)nc1CNc1cccc(CN2CCC(O)C2)c1. The number of rotatable bonds is 5. The standard InChI is InChI=1S/C17H24N4O/c1-13-10-20(2)19-17(13)9-18-15-5-3-4-14(8-15)11-21-7-6-16(22)12-21/h3-5,8,10,16,18,22H,6-7,9,11-12H2,1-2H3. The molecule has 1 unspecified atom stereocenters. The molecular formula is C17H24N4O. The van der Waals surface area contributed by atoms with E-state index >= 15 is 0 Å². The second-order valence-electron chi connectivity index (χ2n) is 6.16. The lowest BCUT2D eigenvalue weighted by Crippen LogP contribution is -2.21. The fourth-order valence-corrected chi connectivity index (χ4v) is 3.01. The van der Waals surface area contributed by atoms with Gasteiger partial charge in [0, 0.05) is 38.6 Å². The zero-order chi connectivity index (χ0) is 15.5. The van der Waals surface area contributed by atoms with Crippen LogP contribution in [0.5, 0.6) is 0 Å². The molecule has 118 valence electrons. The van der Waals surface area contributed by atoms with Crippen molar-refractivity contribution in [3.05, 3.63) is 47.3 Å². The summed E-state index contributed by atoms with van der Waals surface area (Å²) in [4.78, 5) is 2.30. The quantitative estimate of drug-likeness (QED) is 0.885. The smallest absolute Gasteiger partial charge is 0.0844 e. The van der Waals surface area contributed by atoms with Gasteiger partial charge in [-0.05, 0) is 36.6 Å². The third-order valence-corrected chi connectivity index (χ3v) is 4.15. The average Bonchev–Trinajstić information content (AvgIpc) is 3.02. The number of aromatic nitrogens is 2. The number of likely N-dealkylation sites (tertiary alicyclic amines) is 1. The molecule has 5 nitrogen and oxygen atoms in total. The van der Waals surface area contributed by atoms with Crippen LogP contribution in [0, 0.1) is 6.92 Å². The summed E-state index contributed by atoms with van der Waals surface area (Å²) in [5.41, 5.74) is 4.67. The van der Waals surface area contributed by atoms with Gasteiger partial charge >= 0.3 is 0 Å². The van der Waals surface area contributed by atoms with Crippen molar-refractivity contribution in [1.82, 2.24) is 14.7 Å². The monoisotopic (exact) mass is 300 g/mol. The molecule has 1 aromatic carbocycles. The normalized spacial score (nSPS) is 18.8. The van der Waals surface area contributed by atoms with Crippen LogP contribution in [-0.4, -0.2) is 39.0 Å². The molecule has 5 heteroatoms. The number of anilines is 1. The molecule has 22 heavy (non-hydrogen) atoms. The molecule has 3 rings (SSSR count). The van der Waals surface area contributed by atoms with Gasteiger partial charge in [-0.25, -0.2) is 0 Å². The topological polar surface area (TPSA) is 53.3 Å². The number of nitrogens with zero attached hydrogens (tertiary/aromatic N) is 3. The summed E-state index contributed by atoms with van der Waals surface area (Å²) in [6.07, 6.45) is 2.76. The molecule has 1 fully saturated rings. The van der Waals surface area contributed by atoms with Crippen LogP contribution in [0.15, 0.2) is 30.5 Å². The Morgan fingerprint density at radius 1 is 1.41 bits per heavy atom. The summed E-state index contributed by atoms with van der Waals surface area (Å²) in [6.45, 7) is 5.48. The second-order valence-corrected chi connectivity index (χ2v) is 6.16. The molecule has 1 aromatic heterocycles. The Morgan fingerprint density at radius 2 is 2.27 bits per heavy atom. The van der Waals surface area contributed by atoms with Crippen LogP contribution in [0.2, 0.25) is 0 Å². The fraction of sp³-hybridized carbons (Fsp3) is 0.471. The summed E-state index contributed by atoms with van der Waals surface area (Å²) in [5.74, 6) is 0. The molecule has 0 saturated carbocycles. The predicted molar refractivity (Wildman–Crippen MR) is 87.6 cm³/mol. The molecule has 2 heterocycles. The Kier molecular flexibility index (Phi) is 4.45. The van der Waals surface area contributed by atoms with Gasteiger partial charge in [-0.3, -0.25) is 9.58 Å². The zero-order valence-electron chi connectivity index (χ0n) is 13.3. The highest BCUT2D eigenvalue weighted by atomic mass is 16.3. The summed E-state index contributed by atoms with van der Waals surface area (Å²) >= 11 is 0. The number of benzene rings is 1. The van der Waals surface area contributed by atoms with E-state index in [1.54, 1.807) is 0 Å². The van der Waals surface area contributed by atoms with Gasteiger partial charge in [0.1, 0.15) is 0 Å². The highest BCUT2D eigenvalue weighted by molar-refractivity contribution is 5.46. The first kappa shape index (κ1) is 15.1. The van der Waals surface area contributed by atoms with Crippen molar-refractivity contribution in [2.24, 2.45) is 7.05 Å². The first-order valence-electron chi connectivity index (χ1n) is 7.82. The lowest BCUT2D eigenvalue weighted by atomic mass is 10.2. The number of aryl methyl sites for hydroxylation is 2. The first-order valence-corrected chi connectivity index (χ1v) is 7.82. The van der Waals surface area contributed by atoms with E-state index in [1.165, 1.54) is 11.1 Å². The molecule has 2 aromatic rings. The maximum atomic E-state index is 9.61. The molecule has 0 spiro atoms. The largest absolute Gasteiger partial charge is 0.392 e. The van der Waals surface area contributed by atoms with E-state index in [4.69, 9.17) is 0 Å². The molecule has 1 saturated heterocycles. The number of hydrogen-bond donors (Lipinski definition) is 2. The van der Waals surface area contributed by atoms with E-state index in [9.17, 15) is 5.11 Å². The van der Waals surface area contributed by atoms with Crippen LogP contribution in [0.3, 0.4) is 0 Å². The molecule has 1 aliphatic rings. The first-order chi connectivity index (χ1) is 10.6. The summed E-state index contributed by atoms with van der Waals surface area (Å²) in [6, 6.07) is 8.49. The van der Waals surface area contributed by atoms with Gasteiger partial charge in [-0.2, -0.15) is 5.10 Å². The van der Waals surface area contributed by atoms with E-state index in [0.29, 0.717) is 0 Å². The molecule has 2 N–H and O–H groups in total. The van der Waals surface area contributed by atoms with Gasteiger partial charge in [0.05, 0.1) is 18.3 Å². The van der Waals surface area contributed by atoms with Gasteiger partial charge in [-0.15, -0.1) is 0 Å². The molecule has 1 aliphatic heterocycles. The van der Waals surface area contributed by atoms with E-state index in [2.05, 4.69) is 46.5 Å². The van der Waals surface area contributed by atoms with Crippen molar-refractivity contribution < 1.29 is 5.11 Å². The third kappa shape index (κ3) is 3.67. The van der Waals surface area contributed by atoms with Gasteiger partial charge in [0.25, 0.3) is 0 Å². The van der Waals surface area contributed by atoms with E-state index in [-0.39, 0.29) is 6.10 Å². The number of β-amino-alcohol motifs (C(OH)–C–C–N with tert-alkyl or cyclic N) is 1. The summed E-state index contributed by atoms with van der Waals surface area (Å²) < 4.78 is 1.85. The predicted octanol–water partition coefficient (Wildman–Crippen LogP) is 1.91. The van der Waals surface area contributed by atoms with Gasteiger partial charge in [0.15, 0.2) is 0 Å². The molecule has 0 amide bonds. The Balaban J connectivity index is 1.60. The molecule has 1 atom stereocenters. The summed E-state index contributed by atoms with van der Waals surface area (Å²) in [5, 5.41) is 17.5. The van der Waals surface area contributed by atoms with Gasteiger partial charge < -0.3 is 10.4 Å². The minimum absolute atomic E-state index is 0.159. The summed E-state index contributed by atoms with van der Waals surface area (Å²) in [7, 11) is 1.95. The van der Waals surface area contributed by atoms with E-state index < -0.39 is 0 Å². The highest BCUT2D eigenvalue weighted by Gasteiger charge is 2.19. The molecular weight excluding hydrogens is 276 g/mol. The van der Waals surface area contributed by atoms with Crippen molar-refractivity contribution in [1.29, 1.82) is 0 Å². The van der Waals surface area contributed by atoms with Crippen molar-refractivity contribution in [2.45, 2.75) is 32.5 Å². The van der Waals surface area contributed by atoms with Crippen LogP contribution >= 0.6 is 0 Å². The Morgan fingerprint density at radius 3 is 2.95 bits per heavy atom. The van der Waals surface area contributed by atoms with Gasteiger partial charge in [-0.1, -0.05) is 12.1 Å². The van der Waals surface area contributed by atoms with Crippen molar-refractivity contribution in [3.63, 3.8) is 0 Å². The number of hydrogen-bond acceptors (Lipinski definition) is 4. The van der Waals surface area contributed by atoms with Crippen LogP contribution in [0.1, 0.15) is 23.2 Å². The Bertz CT molecular complexity index is 637. The third-order valence-electron chi connectivity index (χ3n) is 4.15. The molecule has 0 radical (unpaired) electrons. The van der Waals surface area contributed by atoms with Crippen LogP contribution in [0.25, 0.3) is 0 Å². The van der Waals surface area contributed by atoms with E-state index in [1.807, 2.05) is 17.9 Å². The van der Waals surface area contributed by atoms with Crippen molar-refractivity contribution in [3.8, 4) is 0 Å². The zero-order valence-corrected chi connectivity index (χ0v) is 13.3.